The molecule has 0 atom stereocenters. The van der Waals surface area contributed by atoms with E-state index < -0.39 is 10.0 Å². The molecule has 3 aromatic rings. The summed E-state index contributed by atoms with van der Waals surface area (Å²) in [5.74, 6) is 1.20. The van der Waals surface area contributed by atoms with Gasteiger partial charge in [-0.1, -0.05) is 11.3 Å². The van der Waals surface area contributed by atoms with Crippen LogP contribution in [0.1, 0.15) is 11.9 Å². The van der Waals surface area contributed by atoms with Gasteiger partial charge in [-0.2, -0.15) is 0 Å². The van der Waals surface area contributed by atoms with Gasteiger partial charge in [0.2, 0.25) is 5.13 Å². The molecule has 0 bridgehead atoms. The number of nitrogens with zero attached hydrogens (tertiary/aromatic N) is 2. The van der Waals surface area contributed by atoms with E-state index in [1.54, 1.807) is 36.4 Å². The van der Waals surface area contributed by atoms with Gasteiger partial charge in [-0.25, -0.2) is 8.42 Å². The Morgan fingerprint density at radius 2 is 1.63 bits per heavy atom. The van der Waals surface area contributed by atoms with Gasteiger partial charge in [0.05, 0.1) is 11.5 Å². The summed E-state index contributed by atoms with van der Waals surface area (Å²) in [7, 11) is -3.70. The molecule has 0 amide bonds. The number of hydrogen-bond acceptors (Lipinski definition) is 8. The van der Waals surface area contributed by atoms with E-state index in [0.29, 0.717) is 33.9 Å². The van der Waals surface area contributed by atoms with Crippen molar-refractivity contribution in [2.24, 2.45) is 0 Å². The Hall–Kier alpha value is -2.85. The lowest BCUT2D eigenvalue weighted by atomic mass is 10.3. The van der Waals surface area contributed by atoms with Crippen LogP contribution in [0.25, 0.3) is 0 Å². The average Bonchev–Trinajstić information content (AvgIpc) is 3.07. The third-order valence-electron chi connectivity index (χ3n) is 3.40. The molecule has 0 fully saturated rings. The van der Waals surface area contributed by atoms with Crippen molar-refractivity contribution in [2.75, 3.05) is 17.1 Å². The van der Waals surface area contributed by atoms with Crippen molar-refractivity contribution in [3.05, 3.63) is 53.5 Å². The molecule has 3 N–H and O–H groups in total. The first-order valence-corrected chi connectivity index (χ1v) is 10.3. The summed E-state index contributed by atoms with van der Waals surface area (Å²) < 4.78 is 38.4. The molecule has 142 valence electrons. The van der Waals surface area contributed by atoms with Crippen LogP contribution in [0.5, 0.6) is 11.5 Å². The minimum Gasteiger partial charge on any atom is -0.494 e. The van der Waals surface area contributed by atoms with Crippen LogP contribution >= 0.6 is 11.3 Å². The fraction of sp³-hybridized carbons (Fsp3) is 0.176. The molecule has 0 aliphatic heterocycles. The van der Waals surface area contributed by atoms with Crippen LogP contribution in [0.4, 0.5) is 10.8 Å². The molecule has 3 rings (SSSR count). The maximum atomic E-state index is 12.5. The average molecular weight is 406 g/mol. The molecule has 8 nitrogen and oxygen atoms in total. The van der Waals surface area contributed by atoms with Gasteiger partial charge in [-0.05, 0) is 55.5 Å². The number of aromatic nitrogens is 2. The second-order valence-electron chi connectivity index (χ2n) is 5.36. The highest BCUT2D eigenvalue weighted by Crippen LogP contribution is 2.22. The number of hydrogen-bond donors (Lipinski definition) is 2. The molecule has 2 aromatic carbocycles. The Balaban J connectivity index is 1.63. The van der Waals surface area contributed by atoms with Crippen molar-refractivity contribution in [1.82, 2.24) is 10.2 Å². The third kappa shape index (κ3) is 5.08. The number of sulfonamides is 1. The summed E-state index contributed by atoms with van der Waals surface area (Å²) in [5, 5.41) is 8.57. The van der Waals surface area contributed by atoms with Crippen molar-refractivity contribution in [1.29, 1.82) is 0 Å². The molecule has 10 heteroatoms. The van der Waals surface area contributed by atoms with Gasteiger partial charge in [0.15, 0.2) is 5.01 Å². The molecule has 0 saturated carbocycles. The van der Waals surface area contributed by atoms with Crippen LogP contribution in [0, 0.1) is 0 Å². The Morgan fingerprint density at radius 1 is 1.00 bits per heavy atom. The fourth-order valence-corrected chi connectivity index (χ4v) is 3.77. The normalized spacial score (nSPS) is 11.1. The molecule has 0 spiro atoms. The zero-order chi connectivity index (χ0) is 19.3. The molecule has 0 radical (unpaired) electrons. The van der Waals surface area contributed by atoms with E-state index >= 15 is 0 Å². The lowest BCUT2D eigenvalue weighted by molar-refractivity contribution is 0.304. The summed E-state index contributed by atoms with van der Waals surface area (Å²) in [6, 6.07) is 12.8. The largest absolute Gasteiger partial charge is 0.494 e. The van der Waals surface area contributed by atoms with Crippen molar-refractivity contribution < 1.29 is 17.9 Å². The summed E-state index contributed by atoms with van der Waals surface area (Å²) in [6.07, 6.45) is 0. The zero-order valence-electron chi connectivity index (χ0n) is 14.5. The first-order chi connectivity index (χ1) is 13.0. The smallest absolute Gasteiger partial charge is 0.261 e. The summed E-state index contributed by atoms with van der Waals surface area (Å²) in [4.78, 5) is 0.129. The lowest BCUT2D eigenvalue weighted by Gasteiger charge is -2.10. The summed E-state index contributed by atoms with van der Waals surface area (Å²) in [5.41, 5.74) is 5.96. The van der Waals surface area contributed by atoms with E-state index in [-0.39, 0.29) is 11.5 Å². The lowest BCUT2D eigenvalue weighted by Crippen LogP contribution is -2.12. The maximum absolute atomic E-state index is 12.5. The van der Waals surface area contributed by atoms with Gasteiger partial charge in [0.25, 0.3) is 10.0 Å². The number of nitrogens with two attached hydrogens (primary N) is 1. The highest BCUT2D eigenvalue weighted by molar-refractivity contribution is 7.92. The highest BCUT2D eigenvalue weighted by Gasteiger charge is 2.14. The number of benzene rings is 2. The first-order valence-electron chi connectivity index (χ1n) is 8.02. The molecule has 0 aliphatic carbocycles. The molecule has 0 saturated heterocycles. The van der Waals surface area contributed by atoms with Crippen molar-refractivity contribution in [3.63, 3.8) is 0 Å². The number of anilines is 2. The monoisotopic (exact) mass is 406 g/mol. The van der Waals surface area contributed by atoms with Crippen molar-refractivity contribution >= 4 is 32.2 Å². The van der Waals surface area contributed by atoms with Crippen LogP contribution in [-0.4, -0.2) is 25.2 Å². The van der Waals surface area contributed by atoms with Crippen molar-refractivity contribution in [3.8, 4) is 11.5 Å². The number of rotatable bonds is 8. The summed E-state index contributed by atoms with van der Waals surface area (Å²) >= 11 is 1.24. The second-order valence-corrected chi connectivity index (χ2v) is 8.13. The molecule has 27 heavy (non-hydrogen) atoms. The van der Waals surface area contributed by atoms with Crippen LogP contribution in [0.3, 0.4) is 0 Å². The van der Waals surface area contributed by atoms with Crippen LogP contribution in [-0.2, 0) is 16.6 Å². The van der Waals surface area contributed by atoms with E-state index in [2.05, 4.69) is 14.9 Å². The first kappa shape index (κ1) is 18.9. The minimum absolute atomic E-state index is 0.129. The van der Waals surface area contributed by atoms with E-state index in [0.717, 1.165) is 0 Å². The van der Waals surface area contributed by atoms with Crippen LogP contribution in [0.2, 0.25) is 0 Å². The van der Waals surface area contributed by atoms with E-state index in [4.69, 9.17) is 15.2 Å². The van der Waals surface area contributed by atoms with Gasteiger partial charge in [0.1, 0.15) is 18.1 Å². The molecule has 1 aromatic heterocycles. The van der Waals surface area contributed by atoms with E-state index in [1.165, 1.54) is 23.5 Å². The summed E-state index contributed by atoms with van der Waals surface area (Å²) in [6.45, 7) is 2.64. The van der Waals surface area contributed by atoms with E-state index in [9.17, 15) is 8.42 Å². The van der Waals surface area contributed by atoms with Gasteiger partial charge in [-0.3, -0.25) is 4.72 Å². The second kappa shape index (κ2) is 8.23. The molecule has 0 unspecified atom stereocenters. The molecule has 0 aliphatic rings. The predicted octanol–water partition coefficient (Wildman–Crippen LogP) is 2.90. The Bertz CT molecular complexity index is 987. The predicted molar refractivity (Wildman–Crippen MR) is 104 cm³/mol. The fourth-order valence-electron chi connectivity index (χ4n) is 2.18. The minimum atomic E-state index is -3.70. The van der Waals surface area contributed by atoms with Crippen LogP contribution in [0.15, 0.2) is 53.4 Å². The maximum Gasteiger partial charge on any atom is 0.261 e. The van der Waals surface area contributed by atoms with Crippen LogP contribution < -0.4 is 19.9 Å². The van der Waals surface area contributed by atoms with Gasteiger partial charge >= 0.3 is 0 Å². The molecular weight excluding hydrogens is 388 g/mol. The van der Waals surface area contributed by atoms with Crippen molar-refractivity contribution in [2.45, 2.75) is 18.4 Å². The number of ether oxygens (including phenoxy) is 2. The number of nitrogens with one attached hydrogen (secondary N) is 1. The Labute approximate surface area is 161 Å². The zero-order valence-corrected chi connectivity index (χ0v) is 16.1. The highest BCUT2D eigenvalue weighted by atomic mass is 32.2. The standard InChI is InChI=1S/C17H18N4O4S2/c1-2-24-13-5-3-12(4-6-13)21-27(22,23)15-9-7-14(8-10-15)25-11-16-19-20-17(18)26-16/h3-10,21H,2,11H2,1H3,(H2,18,20). The number of nitrogen functional groups attached to an aromatic ring is 1. The van der Waals surface area contributed by atoms with Gasteiger partial charge < -0.3 is 15.2 Å². The molecular formula is C17H18N4O4S2. The van der Waals surface area contributed by atoms with Gasteiger partial charge in [-0.15, -0.1) is 10.2 Å². The topological polar surface area (TPSA) is 116 Å². The SMILES string of the molecule is CCOc1ccc(NS(=O)(=O)c2ccc(OCc3nnc(N)s3)cc2)cc1. The quantitative estimate of drug-likeness (QED) is 0.591. The van der Waals surface area contributed by atoms with Gasteiger partial charge in [0, 0.05) is 5.69 Å². The Kier molecular flexibility index (Phi) is 5.77. The Morgan fingerprint density at radius 3 is 2.22 bits per heavy atom. The van der Waals surface area contributed by atoms with E-state index in [1.807, 2.05) is 6.92 Å². The molecule has 1 heterocycles. The third-order valence-corrected chi connectivity index (χ3v) is 5.52.